The summed E-state index contributed by atoms with van der Waals surface area (Å²) in [5.74, 6) is -0.491. The summed E-state index contributed by atoms with van der Waals surface area (Å²) in [7, 11) is -3.65. The van der Waals surface area contributed by atoms with Crippen molar-refractivity contribution >= 4 is 22.1 Å². The highest BCUT2D eigenvalue weighted by atomic mass is 32.2. The van der Waals surface area contributed by atoms with Crippen LogP contribution in [-0.2, 0) is 14.8 Å². The zero-order chi connectivity index (χ0) is 18.4. The van der Waals surface area contributed by atoms with E-state index in [4.69, 9.17) is 4.74 Å². The maximum atomic E-state index is 12.7. The number of amides is 1. The third-order valence-electron chi connectivity index (χ3n) is 3.79. The van der Waals surface area contributed by atoms with Crippen molar-refractivity contribution in [2.45, 2.75) is 4.90 Å². The third kappa shape index (κ3) is 4.31. The summed E-state index contributed by atoms with van der Waals surface area (Å²) in [4.78, 5) is 16.2. The van der Waals surface area contributed by atoms with Gasteiger partial charge < -0.3 is 4.74 Å². The van der Waals surface area contributed by atoms with Crippen LogP contribution in [0.5, 0.6) is 0 Å². The lowest BCUT2D eigenvalue weighted by atomic mass is 10.2. The first-order valence-corrected chi connectivity index (χ1v) is 9.43. The van der Waals surface area contributed by atoms with Crippen LogP contribution in [0, 0.1) is 0 Å². The predicted octanol–water partition coefficient (Wildman–Crippen LogP) is 0.866. The van der Waals surface area contributed by atoms with Crippen molar-refractivity contribution in [2.24, 2.45) is 5.10 Å². The fraction of sp³-hybridized carbons (Fsp3) is 0.235. The lowest BCUT2D eigenvalue weighted by Crippen LogP contribution is -2.40. The Balaban J connectivity index is 1.72. The molecule has 0 unspecified atom stereocenters. The van der Waals surface area contributed by atoms with E-state index in [9.17, 15) is 13.2 Å². The van der Waals surface area contributed by atoms with Crippen molar-refractivity contribution < 1.29 is 17.9 Å². The van der Waals surface area contributed by atoms with E-state index < -0.39 is 15.9 Å². The molecule has 0 aliphatic carbocycles. The number of morpholine rings is 1. The number of ether oxygens (including phenoxy) is 1. The minimum Gasteiger partial charge on any atom is -0.379 e. The van der Waals surface area contributed by atoms with Crippen molar-refractivity contribution in [1.82, 2.24) is 14.7 Å². The molecular weight excluding hydrogens is 356 g/mol. The number of aromatic nitrogens is 1. The summed E-state index contributed by atoms with van der Waals surface area (Å²) in [5, 5.41) is 3.87. The fourth-order valence-corrected chi connectivity index (χ4v) is 3.87. The van der Waals surface area contributed by atoms with Gasteiger partial charge in [-0.3, -0.25) is 9.78 Å². The first-order valence-electron chi connectivity index (χ1n) is 7.99. The van der Waals surface area contributed by atoms with Gasteiger partial charge in [0.05, 0.1) is 24.3 Å². The number of hydrogen-bond donors (Lipinski definition) is 1. The number of benzene rings is 1. The van der Waals surface area contributed by atoms with Crippen LogP contribution >= 0.6 is 0 Å². The van der Waals surface area contributed by atoms with Crippen LogP contribution in [0.25, 0.3) is 0 Å². The van der Waals surface area contributed by atoms with Crippen molar-refractivity contribution in [2.75, 3.05) is 26.3 Å². The summed E-state index contributed by atoms with van der Waals surface area (Å²) in [6.45, 7) is 1.33. The van der Waals surface area contributed by atoms with Gasteiger partial charge in [-0.1, -0.05) is 6.07 Å². The molecule has 0 atom stereocenters. The quantitative estimate of drug-likeness (QED) is 0.618. The zero-order valence-corrected chi connectivity index (χ0v) is 14.7. The van der Waals surface area contributed by atoms with Crippen LogP contribution in [0.3, 0.4) is 0 Å². The number of nitrogens with zero attached hydrogens (tertiary/aromatic N) is 3. The highest BCUT2D eigenvalue weighted by molar-refractivity contribution is 7.89. The molecule has 2 heterocycles. The van der Waals surface area contributed by atoms with Gasteiger partial charge in [-0.25, -0.2) is 13.8 Å². The topological polar surface area (TPSA) is 101 Å². The third-order valence-corrected chi connectivity index (χ3v) is 5.68. The van der Waals surface area contributed by atoms with Crippen LogP contribution < -0.4 is 5.43 Å². The van der Waals surface area contributed by atoms with Gasteiger partial charge in [0, 0.05) is 31.0 Å². The summed E-state index contributed by atoms with van der Waals surface area (Å²) in [5.41, 5.74) is 3.38. The Morgan fingerprint density at radius 2 is 1.92 bits per heavy atom. The molecule has 1 aliphatic rings. The van der Waals surface area contributed by atoms with Gasteiger partial charge in [0.25, 0.3) is 5.91 Å². The van der Waals surface area contributed by atoms with Crippen LogP contribution in [0.1, 0.15) is 15.9 Å². The highest BCUT2D eigenvalue weighted by Crippen LogP contribution is 2.18. The maximum absolute atomic E-state index is 12.7. The molecule has 1 aromatic carbocycles. The molecule has 0 spiro atoms. The second-order valence-electron chi connectivity index (χ2n) is 5.52. The van der Waals surface area contributed by atoms with Gasteiger partial charge in [0.15, 0.2) is 0 Å². The summed E-state index contributed by atoms with van der Waals surface area (Å²) >= 11 is 0. The molecule has 1 aliphatic heterocycles. The summed E-state index contributed by atoms with van der Waals surface area (Å²) in [6.07, 6.45) is 4.71. The number of rotatable bonds is 5. The number of carbonyl (C=O) groups is 1. The Hall–Kier alpha value is -2.62. The number of hydrazone groups is 1. The van der Waals surface area contributed by atoms with E-state index in [0.29, 0.717) is 26.3 Å². The molecule has 0 saturated carbocycles. The van der Waals surface area contributed by atoms with Crippen LogP contribution in [0.2, 0.25) is 0 Å². The second-order valence-corrected chi connectivity index (χ2v) is 7.46. The number of sulfonamides is 1. The SMILES string of the molecule is O=C(N/N=C\c1ccncc1)c1cccc(S(=O)(=O)N2CCOCC2)c1. The zero-order valence-electron chi connectivity index (χ0n) is 13.9. The fourth-order valence-electron chi connectivity index (χ4n) is 2.41. The summed E-state index contributed by atoms with van der Waals surface area (Å²) < 4.78 is 31.9. The maximum Gasteiger partial charge on any atom is 0.271 e. The standard InChI is InChI=1S/C17H18N4O4S/c22-17(20-19-13-14-4-6-18-7-5-14)15-2-1-3-16(12-15)26(23,24)21-8-10-25-11-9-21/h1-7,12-13H,8-11H2,(H,20,22)/b19-13-. The van der Waals surface area contributed by atoms with E-state index in [1.165, 1.54) is 34.8 Å². The van der Waals surface area contributed by atoms with Gasteiger partial charge in [-0.05, 0) is 35.9 Å². The molecule has 26 heavy (non-hydrogen) atoms. The average molecular weight is 374 g/mol. The molecule has 9 heteroatoms. The van der Waals surface area contributed by atoms with E-state index in [1.54, 1.807) is 24.5 Å². The molecule has 1 aromatic heterocycles. The number of carbonyl (C=O) groups excluding carboxylic acids is 1. The Morgan fingerprint density at radius 3 is 2.65 bits per heavy atom. The molecule has 0 radical (unpaired) electrons. The van der Waals surface area contributed by atoms with E-state index in [1.807, 2.05) is 0 Å². The first kappa shape index (κ1) is 18.2. The largest absolute Gasteiger partial charge is 0.379 e. The average Bonchev–Trinajstić information content (AvgIpc) is 2.69. The molecule has 1 saturated heterocycles. The minimum absolute atomic E-state index is 0.0742. The number of hydrogen-bond acceptors (Lipinski definition) is 6. The van der Waals surface area contributed by atoms with Crippen molar-refractivity contribution in [3.05, 3.63) is 59.9 Å². The molecule has 136 valence electrons. The molecule has 0 bridgehead atoms. The normalized spacial score (nSPS) is 15.8. The Bertz CT molecular complexity index is 894. The molecule has 8 nitrogen and oxygen atoms in total. The second kappa shape index (κ2) is 8.17. The van der Waals surface area contributed by atoms with Gasteiger partial charge >= 0.3 is 0 Å². The monoisotopic (exact) mass is 374 g/mol. The predicted molar refractivity (Wildman–Crippen MR) is 95.3 cm³/mol. The number of pyridine rings is 1. The van der Waals surface area contributed by atoms with Gasteiger partial charge in [-0.2, -0.15) is 9.41 Å². The molecule has 1 fully saturated rings. The first-order chi connectivity index (χ1) is 12.6. The minimum atomic E-state index is -3.65. The van der Waals surface area contributed by atoms with Crippen molar-refractivity contribution in [3.8, 4) is 0 Å². The van der Waals surface area contributed by atoms with Crippen LogP contribution in [-0.4, -0.2) is 56.1 Å². The van der Waals surface area contributed by atoms with Crippen molar-refractivity contribution in [1.29, 1.82) is 0 Å². The van der Waals surface area contributed by atoms with Gasteiger partial charge in [-0.15, -0.1) is 0 Å². The Morgan fingerprint density at radius 1 is 1.19 bits per heavy atom. The van der Waals surface area contributed by atoms with Gasteiger partial charge in [0.2, 0.25) is 10.0 Å². The van der Waals surface area contributed by atoms with E-state index in [-0.39, 0.29) is 10.5 Å². The van der Waals surface area contributed by atoms with E-state index >= 15 is 0 Å². The van der Waals surface area contributed by atoms with E-state index in [2.05, 4.69) is 15.5 Å². The lowest BCUT2D eigenvalue weighted by Gasteiger charge is -2.26. The Labute approximate surface area is 151 Å². The van der Waals surface area contributed by atoms with Gasteiger partial charge in [0.1, 0.15) is 0 Å². The molecule has 3 rings (SSSR count). The molecule has 2 aromatic rings. The number of nitrogens with one attached hydrogen (secondary N) is 1. The molecule has 1 N–H and O–H groups in total. The highest BCUT2D eigenvalue weighted by Gasteiger charge is 2.26. The van der Waals surface area contributed by atoms with Crippen LogP contribution in [0.15, 0.2) is 58.8 Å². The van der Waals surface area contributed by atoms with Crippen molar-refractivity contribution in [3.63, 3.8) is 0 Å². The lowest BCUT2D eigenvalue weighted by molar-refractivity contribution is 0.0730. The summed E-state index contributed by atoms with van der Waals surface area (Å²) in [6, 6.07) is 9.38. The van der Waals surface area contributed by atoms with Crippen LogP contribution in [0.4, 0.5) is 0 Å². The smallest absolute Gasteiger partial charge is 0.271 e. The van der Waals surface area contributed by atoms with E-state index in [0.717, 1.165) is 5.56 Å². The Kier molecular flexibility index (Phi) is 5.71. The molecule has 1 amide bonds. The molecular formula is C17H18N4O4S.